The quantitative estimate of drug-likeness (QED) is 0.378. The maximum Gasteiger partial charge on any atom is 0.157 e. The molecule has 132 valence electrons. The van der Waals surface area contributed by atoms with E-state index >= 15 is 0 Å². The van der Waals surface area contributed by atoms with Crippen molar-refractivity contribution in [3.63, 3.8) is 0 Å². The van der Waals surface area contributed by atoms with Crippen molar-refractivity contribution in [3.05, 3.63) is 63.7 Å². The van der Waals surface area contributed by atoms with Gasteiger partial charge in [0.2, 0.25) is 0 Å². The molecular weight excluding hydrogens is 330 g/mol. The van der Waals surface area contributed by atoms with Crippen LogP contribution in [0.3, 0.4) is 0 Å². The van der Waals surface area contributed by atoms with Crippen LogP contribution in [0, 0.1) is 11.3 Å². The van der Waals surface area contributed by atoms with Gasteiger partial charge < -0.3 is 10.2 Å². The molecule has 2 aliphatic carbocycles. The van der Waals surface area contributed by atoms with E-state index in [1.807, 2.05) is 18.2 Å². The highest BCUT2D eigenvalue weighted by Crippen LogP contribution is 2.37. The van der Waals surface area contributed by atoms with Crippen LogP contribution in [0.4, 0.5) is 5.69 Å². The molecule has 2 atom stereocenters. The number of rotatable bonds is 2. The second-order valence-corrected chi connectivity index (χ2v) is 6.73. The van der Waals surface area contributed by atoms with Crippen LogP contribution in [0.15, 0.2) is 35.3 Å². The van der Waals surface area contributed by atoms with E-state index in [4.69, 9.17) is 0 Å². The number of aliphatic hydroxyl groups excluding tert-OH is 2. The van der Waals surface area contributed by atoms with Crippen molar-refractivity contribution in [1.82, 2.24) is 5.48 Å². The van der Waals surface area contributed by atoms with Crippen molar-refractivity contribution in [2.45, 2.75) is 37.9 Å². The average Bonchev–Trinajstić information content (AvgIpc) is 3.23. The van der Waals surface area contributed by atoms with Gasteiger partial charge in [-0.25, -0.2) is 4.99 Å². The Kier molecular flexibility index (Phi) is 4.21. The second-order valence-electron chi connectivity index (χ2n) is 6.73. The molecule has 2 aromatic carbocycles. The molecule has 6 nitrogen and oxygen atoms in total. The molecule has 0 bridgehead atoms. The monoisotopic (exact) mass is 349 g/mol. The molecule has 0 fully saturated rings. The zero-order valence-electron chi connectivity index (χ0n) is 14.1. The van der Waals surface area contributed by atoms with Crippen LogP contribution in [0.25, 0.3) is 0 Å². The normalized spacial score (nSPS) is 21.2. The van der Waals surface area contributed by atoms with Crippen molar-refractivity contribution >= 4 is 11.5 Å². The number of nitrogens with one attached hydrogen (secondary N) is 1. The fraction of sp³-hybridized carbons (Fsp3) is 0.300. The van der Waals surface area contributed by atoms with Crippen LogP contribution in [0.2, 0.25) is 0 Å². The van der Waals surface area contributed by atoms with E-state index in [1.165, 1.54) is 0 Å². The minimum Gasteiger partial charge on any atom is -0.388 e. The van der Waals surface area contributed by atoms with Crippen LogP contribution in [-0.2, 0) is 12.8 Å². The number of hydrogen-bond donors (Lipinski definition) is 4. The highest BCUT2D eigenvalue weighted by atomic mass is 16.5. The van der Waals surface area contributed by atoms with Crippen molar-refractivity contribution < 1.29 is 15.4 Å². The zero-order chi connectivity index (χ0) is 18.3. The van der Waals surface area contributed by atoms with Crippen LogP contribution in [-0.4, -0.2) is 21.3 Å². The van der Waals surface area contributed by atoms with Crippen molar-refractivity contribution in [3.8, 4) is 6.07 Å². The molecule has 2 aromatic rings. The van der Waals surface area contributed by atoms with E-state index in [2.05, 4.69) is 16.5 Å². The molecule has 0 radical (unpaired) electrons. The van der Waals surface area contributed by atoms with Gasteiger partial charge in [-0.15, -0.1) is 0 Å². The van der Waals surface area contributed by atoms with Crippen molar-refractivity contribution in [2.24, 2.45) is 4.99 Å². The molecule has 0 spiro atoms. The highest BCUT2D eigenvalue weighted by molar-refractivity contribution is 6.01. The molecule has 0 saturated heterocycles. The first kappa shape index (κ1) is 16.7. The predicted octanol–water partition coefficient (Wildman–Crippen LogP) is 2.57. The predicted molar refractivity (Wildman–Crippen MR) is 95.3 cm³/mol. The molecule has 26 heavy (non-hydrogen) atoms. The molecule has 0 unspecified atom stereocenters. The number of amidine groups is 1. The summed E-state index contributed by atoms with van der Waals surface area (Å²) in [6, 6.07) is 11.2. The van der Waals surface area contributed by atoms with E-state index in [1.54, 1.807) is 12.1 Å². The zero-order valence-corrected chi connectivity index (χ0v) is 14.1. The average molecular weight is 349 g/mol. The Hall–Kier alpha value is -2.72. The topological polar surface area (TPSA) is 109 Å². The number of nitriles is 1. The Morgan fingerprint density at radius 1 is 1.08 bits per heavy atom. The lowest BCUT2D eigenvalue weighted by molar-refractivity contribution is 0.179. The first-order valence-corrected chi connectivity index (χ1v) is 8.66. The first-order chi connectivity index (χ1) is 12.6. The molecule has 4 N–H and O–H groups in total. The standard InChI is InChI=1S/C20H19N3O3/c21-10-11-8-12(9-17-13(11)4-6-19(17)25)22-20(23-26)16-3-1-2-15-14(16)5-7-18(15)24/h1-3,8-9,18-19,24-26H,4-7H2,(H,22,23)/t18-,19-/m1/s1. The Morgan fingerprint density at radius 2 is 1.81 bits per heavy atom. The SMILES string of the molecule is N#Cc1cc(N=C(NO)c2cccc3c2CC[C@H]3O)cc2c1CC[C@H]2O. The lowest BCUT2D eigenvalue weighted by Gasteiger charge is -2.12. The van der Waals surface area contributed by atoms with Gasteiger partial charge in [-0.05, 0) is 60.1 Å². The van der Waals surface area contributed by atoms with Gasteiger partial charge in [0.1, 0.15) is 0 Å². The van der Waals surface area contributed by atoms with Gasteiger partial charge in [-0.3, -0.25) is 10.7 Å². The highest BCUT2D eigenvalue weighted by Gasteiger charge is 2.26. The van der Waals surface area contributed by atoms with Gasteiger partial charge in [0.15, 0.2) is 5.84 Å². The van der Waals surface area contributed by atoms with E-state index in [9.17, 15) is 20.7 Å². The van der Waals surface area contributed by atoms with Gasteiger partial charge in [-0.1, -0.05) is 18.2 Å². The largest absolute Gasteiger partial charge is 0.388 e. The summed E-state index contributed by atoms with van der Waals surface area (Å²) in [5.74, 6) is 0.257. The number of aliphatic imine (C=N–C) groups is 1. The van der Waals surface area contributed by atoms with Gasteiger partial charge >= 0.3 is 0 Å². The Bertz CT molecular complexity index is 946. The lowest BCUT2D eigenvalue weighted by atomic mass is 10.0. The third-order valence-electron chi connectivity index (χ3n) is 5.26. The minimum absolute atomic E-state index is 0.257. The summed E-state index contributed by atoms with van der Waals surface area (Å²) in [6.45, 7) is 0. The second kappa shape index (κ2) is 6.54. The van der Waals surface area contributed by atoms with Crippen LogP contribution >= 0.6 is 0 Å². The molecule has 0 aliphatic heterocycles. The van der Waals surface area contributed by atoms with Crippen LogP contribution < -0.4 is 5.48 Å². The van der Waals surface area contributed by atoms with E-state index in [0.29, 0.717) is 36.9 Å². The summed E-state index contributed by atoms with van der Waals surface area (Å²) in [4.78, 5) is 4.48. The first-order valence-electron chi connectivity index (χ1n) is 8.66. The number of nitrogens with zero attached hydrogens (tertiary/aromatic N) is 2. The Balaban J connectivity index is 1.81. The van der Waals surface area contributed by atoms with Gasteiger partial charge in [-0.2, -0.15) is 5.26 Å². The molecule has 0 amide bonds. The molecule has 0 saturated carbocycles. The van der Waals surface area contributed by atoms with Crippen molar-refractivity contribution in [1.29, 1.82) is 5.26 Å². The third-order valence-corrected chi connectivity index (χ3v) is 5.26. The van der Waals surface area contributed by atoms with Crippen LogP contribution in [0.5, 0.6) is 0 Å². The number of fused-ring (bicyclic) bond motifs is 2. The number of hydroxylamine groups is 1. The van der Waals surface area contributed by atoms with Gasteiger partial charge in [0.05, 0.1) is 29.5 Å². The molecular formula is C20H19N3O3. The number of aliphatic hydroxyl groups is 2. The Morgan fingerprint density at radius 3 is 2.54 bits per heavy atom. The minimum atomic E-state index is -0.589. The smallest absolute Gasteiger partial charge is 0.157 e. The van der Waals surface area contributed by atoms with Gasteiger partial charge in [0.25, 0.3) is 0 Å². The number of hydrogen-bond acceptors (Lipinski definition) is 5. The molecule has 6 heteroatoms. The third kappa shape index (κ3) is 2.67. The maximum atomic E-state index is 10.1. The Labute approximate surface area is 151 Å². The molecule has 0 heterocycles. The summed E-state index contributed by atoms with van der Waals surface area (Å²) in [7, 11) is 0. The van der Waals surface area contributed by atoms with E-state index in [-0.39, 0.29) is 5.84 Å². The molecule has 4 rings (SSSR count). The summed E-state index contributed by atoms with van der Waals surface area (Å²) < 4.78 is 0. The summed E-state index contributed by atoms with van der Waals surface area (Å²) in [5, 5.41) is 39.3. The lowest BCUT2D eigenvalue weighted by Crippen LogP contribution is -2.21. The van der Waals surface area contributed by atoms with E-state index in [0.717, 1.165) is 27.8 Å². The van der Waals surface area contributed by atoms with Gasteiger partial charge in [0, 0.05) is 5.56 Å². The molecule has 2 aliphatic rings. The summed E-state index contributed by atoms with van der Waals surface area (Å²) >= 11 is 0. The van der Waals surface area contributed by atoms with Crippen LogP contribution in [0.1, 0.15) is 58.4 Å². The maximum absolute atomic E-state index is 10.1. The fourth-order valence-electron chi connectivity index (χ4n) is 3.98. The fourth-order valence-corrected chi connectivity index (χ4v) is 3.98. The summed E-state index contributed by atoms with van der Waals surface area (Å²) in [5.41, 5.74) is 7.29. The molecule has 0 aromatic heterocycles. The van der Waals surface area contributed by atoms with Crippen molar-refractivity contribution in [2.75, 3.05) is 0 Å². The number of benzene rings is 2. The summed E-state index contributed by atoms with van der Waals surface area (Å²) in [6.07, 6.45) is 1.55. The van der Waals surface area contributed by atoms with E-state index < -0.39 is 12.2 Å².